The molecule has 0 saturated heterocycles. The maximum Gasteiger partial charge on any atom is 0.309 e. The summed E-state index contributed by atoms with van der Waals surface area (Å²) in [5.41, 5.74) is 3.36. The average molecular weight is 550 g/mol. The summed E-state index contributed by atoms with van der Waals surface area (Å²) in [7, 11) is 2.57. The number of halogens is 1. The molecule has 1 N–H and O–H groups in total. The van der Waals surface area contributed by atoms with E-state index < -0.39 is 17.8 Å². The van der Waals surface area contributed by atoms with Gasteiger partial charge in [0.05, 0.1) is 33.7 Å². The molecule has 0 aromatic heterocycles. The lowest BCUT2D eigenvalue weighted by Gasteiger charge is -2.12. The van der Waals surface area contributed by atoms with Crippen LogP contribution in [-0.2, 0) is 49.5 Å². The lowest BCUT2D eigenvalue weighted by Crippen LogP contribution is -2.15. The minimum Gasteiger partial charge on any atom is -0.493 e. The van der Waals surface area contributed by atoms with Crippen LogP contribution in [-0.4, -0.2) is 38.7 Å². The number of carbonyl (C=O) groups excluding carboxylic acids is 3. The van der Waals surface area contributed by atoms with Crippen molar-refractivity contribution >= 4 is 23.5 Å². The second kappa shape index (κ2) is 16.0. The maximum absolute atomic E-state index is 14.6. The molecule has 40 heavy (non-hydrogen) atoms. The number of ether oxygens (including phenoxy) is 3. The molecule has 3 rings (SSSR count). The first kappa shape index (κ1) is 30.3. The molecule has 0 bridgehead atoms. The first-order valence-corrected chi connectivity index (χ1v) is 13.4. The molecule has 0 aliphatic carbocycles. The van der Waals surface area contributed by atoms with Gasteiger partial charge in [-0.15, -0.1) is 0 Å². The number of carbonyl (C=O) groups is 3. The van der Waals surface area contributed by atoms with Gasteiger partial charge < -0.3 is 19.5 Å². The largest absolute Gasteiger partial charge is 0.493 e. The Kier molecular flexibility index (Phi) is 12.2. The molecule has 3 aromatic carbocycles. The van der Waals surface area contributed by atoms with Crippen LogP contribution in [0.25, 0.3) is 0 Å². The van der Waals surface area contributed by atoms with Gasteiger partial charge in [0.1, 0.15) is 11.6 Å². The van der Waals surface area contributed by atoms with E-state index in [1.54, 1.807) is 30.3 Å². The minimum atomic E-state index is -0.472. The van der Waals surface area contributed by atoms with Crippen molar-refractivity contribution in [2.75, 3.05) is 26.1 Å². The van der Waals surface area contributed by atoms with Crippen LogP contribution in [0.1, 0.15) is 47.9 Å². The third-order valence-electron chi connectivity index (χ3n) is 6.48. The van der Waals surface area contributed by atoms with Gasteiger partial charge in [-0.3, -0.25) is 14.4 Å². The standard InChI is InChI=1S/C32H36FNO6/c1-38-31(36)20-25-12-15-27(19-26(25)21-32(37)39-2)34-30(35)17-14-24-13-16-28(22-29(24)33)40-18-8-4-7-11-23-9-5-3-6-10-23/h3,5-6,9-10,12-13,15-16,19,22H,4,7-8,11,14,17-18,20-21H2,1-2H3,(H,34,35). The van der Waals surface area contributed by atoms with E-state index in [2.05, 4.69) is 17.4 Å². The number of methoxy groups -OCH3 is 2. The van der Waals surface area contributed by atoms with Crippen molar-refractivity contribution in [3.05, 3.63) is 94.8 Å². The topological polar surface area (TPSA) is 90.9 Å². The maximum atomic E-state index is 14.6. The second-order valence-corrected chi connectivity index (χ2v) is 9.44. The van der Waals surface area contributed by atoms with E-state index in [0.29, 0.717) is 34.7 Å². The number of rotatable bonds is 15. The predicted octanol–water partition coefficient (Wildman–Crippen LogP) is 5.62. The summed E-state index contributed by atoms with van der Waals surface area (Å²) in [6.07, 6.45) is 4.25. The third-order valence-corrected chi connectivity index (χ3v) is 6.48. The monoisotopic (exact) mass is 549 g/mol. The number of anilines is 1. The molecular weight excluding hydrogens is 513 g/mol. The average Bonchev–Trinajstić information content (AvgIpc) is 2.96. The van der Waals surface area contributed by atoms with Gasteiger partial charge in [-0.1, -0.05) is 42.5 Å². The predicted molar refractivity (Wildman–Crippen MR) is 151 cm³/mol. The highest BCUT2D eigenvalue weighted by molar-refractivity contribution is 5.91. The molecule has 0 aliphatic rings. The summed E-state index contributed by atoms with van der Waals surface area (Å²) >= 11 is 0. The van der Waals surface area contributed by atoms with E-state index in [0.717, 1.165) is 25.7 Å². The Morgan fingerprint density at radius 3 is 2.15 bits per heavy atom. The van der Waals surface area contributed by atoms with Crippen LogP contribution in [0.4, 0.5) is 10.1 Å². The fourth-order valence-corrected chi connectivity index (χ4v) is 4.23. The SMILES string of the molecule is COC(=O)Cc1ccc(NC(=O)CCc2ccc(OCCCCCc3ccccc3)cc2F)cc1CC(=O)OC. The summed E-state index contributed by atoms with van der Waals surface area (Å²) in [5, 5.41) is 2.77. The lowest BCUT2D eigenvalue weighted by atomic mass is 10.0. The van der Waals surface area contributed by atoms with Crippen LogP contribution in [0.5, 0.6) is 5.75 Å². The number of aryl methyl sites for hydroxylation is 2. The zero-order chi connectivity index (χ0) is 28.7. The molecule has 0 radical (unpaired) electrons. The van der Waals surface area contributed by atoms with Crippen molar-refractivity contribution in [2.45, 2.75) is 51.4 Å². The number of hydrogen-bond acceptors (Lipinski definition) is 6. The van der Waals surface area contributed by atoms with Crippen molar-refractivity contribution in [1.29, 1.82) is 0 Å². The highest BCUT2D eigenvalue weighted by atomic mass is 19.1. The normalized spacial score (nSPS) is 10.6. The zero-order valence-corrected chi connectivity index (χ0v) is 23.0. The van der Waals surface area contributed by atoms with Crippen LogP contribution in [0.15, 0.2) is 66.7 Å². The Balaban J connectivity index is 1.45. The Bertz CT molecular complexity index is 1280. The lowest BCUT2D eigenvalue weighted by molar-refractivity contribution is -0.141. The number of benzene rings is 3. The van der Waals surface area contributed by atoms with Crippen molar-refractivity contribution in [3.63, 3.8) is 0 Å². The summed E-state index contributed by atoms with van der Waals surface area (Å²) in [6, 6.07) is 20.0. The second-order valence-electron chi connectivity index (χ2n) is 9.44. The molecule has 8 heteroatoms. The van der Waals surface area contributed by atoms with Crippen LogP contribution in [0.2, 0.25) is 0 Å². The minimum absolute atomic E-state index is 0.00962. The van der Waals surface area contributed by atoms with Crippen LogP contribution >= 0.6 is 0 Å². The van der Waals surface area contributed by atoms with Crippen molar-refractivity contribution in [3.8, 4) is 5.75 Å². The third kappa shape index (κ3) is 10.2. The highest BCUT2D eigenvalue weighted by Crippen LogP contribution is 2.21. The van der Waals surface area contributed by atoms with Crippen LogP contribution in [0.3, 0.4) is 0 Å². The number of nitrogens with one attached hydrogen (secondary N) is 1. The molecule has 3 aromatic rings. The Labute approximate surface area is 234 Å². The molecule has 0 aliphatic heterocycles. The van der Waals surface area contributed by atoms with E-state index in [9.17, 15) is 18.8 Å². The summed E-state index contributed by atoms with van der Waals surface area (Å²) in [6.45, 7) is 0.520. The first-order chi connectivity index (χ1) is 19.4. The van der Waals surface area contributed by atoms with Gasteiger partial charge in [0, 0.05) is 18.2 Å². The van der Waals surface area contributed by atoms with Crippen molar-refractivity contribution in [2.24, 2.45) is 0 Å². The molecule has 1 amide bonds. The van der Waals surface area contributed by atoms with Gasteiger partial charge in [-0.2, -0.15) is 0 Å². The fourth-order valence-electron chi connectivity index (χ4n) is 4.23. The quantitative estimate of drug-likeness (QED) is 0.196. The van der Waals surface area contributed by atoms with E-state index >= 15 is 0 Å². The van der Waals surface area contributed by atoms with E-state index in [1.165, 1.54) is 25.8 Å². The Morgan fingerprint density at radius 1 is 0.750 bits per heavy atom. The highest BCUT2D eigenvalue weighted by Gasteiger charge is 2.14. The molecule has 0 fully saturated rings. The first-order valence-electron chi connectivity index (χ1n) is 13.4. The molecular formula is C32H36FNO6. The molecule has 0 heterocycles. The van der Waals surface area contributed by atoms with Gasteiger partial charge >= 0.3 is 11.9 Å². The number of hydrogen-bond donors (Lipinski definition) is 1. The number of unbranched alkanes of at least 4 members (excludes halogenated alkanes) is 2. The van der Waals surface area contributed by atoms with Gasteiger partial charge in [0.25, 0.3) is 0 Å². The van der Waals surface area contributed by atoms with Gasteiger partial charge in [-0.05, 0) is 72.6 Å². The van der Waals surface area contributed by atoms with Gasteiger partial charge in [0.15, 0.2) is 0 Å². The molecule has 0 saturated carbocycles. The van der Waals surface area contributed by atoms with Crippen LogP contribution < -0.4 is 10.1 Å². The molecule has 212 valence electrons. The molecule has 0 atom stereocenters. The van der Waals surface area contributed by atoms with E-state index in [1.807, 2.05) is 18.2 Å². The zero-order valence-electron chi connectivity index (χ0n) is 23.0. The molecule has 7 nitrogen and oxygen atoms in total. The van der Waals surface area contributed by atoms with Crippen molar-refractivity contribution < 1.29 is 33.0 Å². The summed E-state index contributed by atoms with van der Waals surface area (Å²) in [5.74, 6) is -1.17. The van der Waals surface area contributed by atoms with E-state index in [4.69, 9.17) is 14.2 Å². The fraction of sp³-hybridized carbons (Fsp3) is 0.344. The Morgan fingerprint density at radius 2 is 1.45 bits per heavy atom. The van der Waals surface area contributed by atoms with E-state index in [-0.39, 0.29) is 31.6 Å². The smallest absolute Gasteiger partial charge is 0.309 e. The molecule has 0 unspecified atom stereocenters. The van der Waals surface area contributed by atoms with Gasteiger partial charge in [0.2, 0.25) is 5.91 Å². The Hall–Kier alpha value is -4.20. The summed E-state index contributed by atoms with van der Waals surface area (Å²) < 4.78 is 29.8. The van der Waals surface area contributed by atoms with Crippen LogP contribution in [0, 0.1) is 5.82 Å². The van der Waals surface area contributed by atoms with Crippen molar-refractivity contribution in [1.82, 2.24) is 0 Å². The molecule has 0 spiro atoms. The number of amides is 1. The number of esters is 2. The van der Waals surface area contributed by atoms with Gasteiger partial charge in [-0.25, -0.2) is 4.39 Å². The summed E-state index contributed by atoms with van der Waals surface area (Å²) in [4.78, 5) is 36.1.